The molecule has 4 rings (SSSR count). The molecule has 0 spiro atoms. The lowest BCUT2D eigenvalue weighted by Crippen LogP contribution is -2.08. The standard InChI is InChI=1S/C20H24O4.C8H4FNO/c1-3-22-20(23-4-2)15-11-9-14(10-12-15)13-18-16-7-5-6-8-17(16)19(21)24-18;9-8-2-1-6(5-11)3-7(8)4-10/h9-13,20H,3-8H2,1-2H3;1-3,5H. The maximum Gasteiger partial charge on any atom is 0.339 e. The predicted octanol–water partition coefficient (Wildman–Crippen LogP) is 6.04. The van der Waals surface area contributed by atoms with Crippen LogP contribution in [0.5, 0.6) is 0 Å². The third kappa shape index (κ3) is 6.72. The molecule has 182 valence electrons. The van der Waals surface area contributed by atoms with Crippen LogP contribution in [0.1, 0.15) is 72.9 Å². The first-order chi connectivity index (χ1) is 17.0. The van der Waals surface area contributed by atoms with Crippen molar-refractivity contribution in [2.24, 2.45) is 0 Å². The number of ether oxygens (including phenoxy) is 3. The molecule has 0 atom stereocenters. The highest BCUT2D eigenvalue weighted by molar-refractivity contribution is 5.95. The molecule has 0 unspecified atom stereocenters. The summed E-state index contributed by atoms with van der Waals surface area (Å²) in [6, 6.07) is 13.3. The molecule has 0 fully saturated rings. The molecular formula is C28H28FNO5. The number of nitrogens with zero attached hydrogens (tertiary/aromatic N) is 1. The van der Waals surface area contributed by atoms with Crippen LogP contribution < -0.4 is 0 Å². The van der Waals surface area contributed by atoms with E-state index in [-0.39, 0.29) is 17.8 Å². The number of esters is 1. The van der Waals surface area contributed by atoms with Gasteiger partial charge < -0.3 is 14.2 Å². The molecule has 0 saturated heterocycles. The van der Waals surface area contributed by atoms with E-state index in [0.717, 1.165) is 54.0 Å². The number of hydrogen-bond donors (Lipinski definition) is 0. The molecule has 2 aromatic carbocycles. The van der Waals surface area contributed by atoms with Crippen LogP contribution in [0.15, 0.2) is 59.4 Å². The van der Waals surface area contributed by atoms with Crippen molar-refractivity contribution < 1.29 is 28.2 Å². The SMILES string of the molecule is CCOC(OCC)c1ccc(C=C2OC(=O)C3=C2CCCC3)cc1.N#Cc1cc(C=O)ccc1F. The molecule has 0 amide bonds. The number of carbonyl (C=O) groups is 2. The van der Waals surface area contributed by atoms with Crippen LogP contribution in [-0.2, 0) is 19.0 Å². The first-order valence-corrected chi connectivity index (χ1v) is 11.6. The Hall–Kier alpha value is -3.60. The zero-order chi connectivity index (χ0) is 25.2. The van der Waals surface area contributed by atoms with Crippen molar-refractivity contribution >= 4 is 18.3 Å². The van der Waals surface area contributed by atoms with Crippen molar-refractivity contribution in [1.82, 2.24) is 0 Å². The third-order valence-electron chi connectivity index (χ3n) is 5.60. The minimum atomic E-state index is -0.599. The summed E-state index contributed by atoms with van der Waals surface area (Å²) in [6.07, 6.45) is 6.16. The maximum absolute atomic E-state index is 12.6. The van der Waals surface area contributed by atoms with Crippen molar-refractivity contribution in [3.05, 3.63) is 87.4 Å². The Morgan fingerprint density at radius 1 is 1.03 bits per heavy atom. The highest BCUT2D eigenvalue weighted by atomic mass is 19.1. The minimum Gasteiger partial charge on any atom is -0.423 e. The van der Waals surface area contributed by atoms with Gasteiger partial charge in [-0.3, -0.25) is 4.79 Å². The van der Waals surface area contributed by atoms with Gasteiger partial charge in [-0.15, -0.1) is 0 Å². The fourth-order valence-corrected chi connectivity index (χ4v) is 3.89. The van der Waals surface area contributed by atoms with Gasteiger partial charge in [0.2, 0.25) is 0 Å². The lowest BCUT2D eigenvalue weighted by atomic mass is 9.92. The smallest absolute Gasteiger partial charge is 0.339 e. The highest BCUT2D eigenvalue weighted by Crippen LogP contribution is 2.37. The fraction of sp³-hybridized carbons (Fsp3) is 0.321. The van der Waals surface area contributed by atoms with Gasteiger partial charge in [0.05, 0.1) is 5.56 Å². The van der Waals surface area contributed by atoms with Crippen molar-refractivity contribution in [3.8, 4) is 6.07 Å². The molecule has 0 aromatic heterocycles. The summed E-state index contributed by atoms with van der Waals surface area (Å²) < 4.78 is 29.3. The van der Waals surface area contributed by atoms with Gasteiger partial charge in [-0.25, -0.2) is 9.18 Å². The summed E-state index contributed by atoms with van der Waals surface area (Å²) >= 11 is 0. The average molecular weight is 478 g/mol. The van der Waals surface area contributed by atoms with Gasteiger partial charge >= 0.3 is 5.97 Å². The Kier molecular flexibility index (Phi) is 9.47. The second-order valence-corrected chi connectivity index (χ2v) is 7.94. The average Bonchev–Trinajstić information content (AvgIpc) is 3.20. The summed E-state index contributed by atoms with van der Waals surface area (Å²) in [5.74, 6) is -0.0490. The number of halogens is 1. The normalized spacial score (nSPS) is 15.9. The molecule has 2 aliphatic rings. The van der Waals surface area contributed by atoms with Crippen molar-refractivity contribution in [3.63, 3.8) is 0 Å². The quantitative estimate of drug-likeness (QED) is 0.275. The lowest BCUT2D eigenvalue weighted by Gasteiger charge is -2.17. The number of cyclic esters (lactones) is 1. The Morgan fingerprint density at radius 3 is 2.26 bits per heavy atom. The molecule has 0 radical (unpaired) electrons. The molecule has 0 N–H and O–H groups in total. The van der Waals surface area contributed by atoms with Gasteiger partial charge in [0.15, 0.2) is 6.29 Å². The number of aldehydes is 1. The molecule has 35 heavy (non-hydrogen) atoms. The van der Waals surface area contributed by atoms with E-state index in [2.05, 4.69) is 0 Å². The van der Waals surface area contributed by atoms with Gasteiger partial charge in [0, 0.05) is 35.5 Å². The van der Waals surface area contributed by atoms with Crippen LogP contribution in [0.25, 0.3) is 6.08 Å². The van der Waals surface area contributed by atoms with Crippen LogP contribution >= 0.6 is 0 Å². The monoisotopic (exact) mass is 477 g/mol. The molecule has 1 heterocycles. The zero-order valence-corrected chi connectivity index (χ0v) is 19.9. The zero-order valence-electron chi connectivity index (χ0n) is 19.9. The van der Waals surface area contributed by atoms with E-state index in [4.69, 9.17) is 19.5 Å². The number of rotatable bonds is 7. The molecule has 7 heteroatoms. The number of hydrogen-bond acceptors (Lipinski definition) is 6. The van der Waals surface area contributed by atoms with Crippen molar-refractivity contribution in [2.45, 2.75) is 45.8 Å². The molecule has 6 nitrogen and oxygen atoms in total. The molecule has 0 saturated carbocycles. The first-order valence-electron chi connectivity index (χ1n) is 11.6. The van der Waals surface area contributed by atoms with E-state index < -0.39 is 5.82 Å². The Morgan fingerprint density at radius 2 is 1.66 bits per heavy atom. The number of nitriles is 1. The van der Waals surface area contributed by atoms with Gasteiger partial charge in [0.1, 0.15) is 23.9 Å². The molecule has 0 bridgehead atoms. The van der Waals surface area contributed by atoms with Crippen LogP contribution in [-0.4, -0.2) is 25.5 Å². The summed E-state index contributed by atoms with van der Waals surface area (Å²) in [4.78, 5) is 22.1. The van der Waals surface area contributed by atoms with Gasteiger partial charge in [-0.2, -0.15) is 5.26 Å². The first kappa shape index (κ1) is 26.0. The third-order valence-corrected chi connectivity index (χ3v) is 5.60. The molecule has 1 aliphatic carbocycles. The maximum atomic E-state index is 12.6. The minimum absolute atomic E-state index is 0.102. The largest absolute Gasteiger partial charge is 0.423 e. The van der Waals surface area contributed by atoms with Gasteiger partial charge in [0.25, 0.3) is 0 Å². The van der Waals surface area contributed by atoms with E-state index in [1.165, 1.54) is 12.1 Å². The topological polar surface area (TPSA) is 85.6 Å². The second kappa shape index (κ2) is 12.7. The van der Waals surface area contributed by atoms with E-state index in [1.807, 2.05) is 44.2 Å². The van der Waals surface area contributed by atoms with Gasteiger partial charge in [-0.1, -0.05) is 24.3 Å². The summed E-state index contributed by atoms with van der Waals surface area (Å²) in [6.45, 7) is 5.11. The van der Waals surface area contributed by atoms with Crippen LogP contribution in [0.2, 0.25) is 0 Å². The number of allylic oxidation sites excluding steroid dienone is 1. The summed E-state index contributed by atoms with van der Waals surface area (Å²) in [5, 5.41) is 8.33. The molecule has 2 aromatic rings. The van der Waals surface area contributed by atoms with Crippen LogP contribution in [0, 0.1) is 17.1 Å². The Bertz CT molecular complexity index is 1150. The molecule has 1 aliphatic heterocycles. The van der Waals surface area contributed by atoms with Crippen LogP contribution in [0.4, 0.5) is 4.39 Å². The number of benzene rings is 2. The van der Waals surface area contributed by atoms with E-state index >= 15 is 0 Å². The summed E-state index contributed by atoms with van der Waals surface area (Å²) in [7, 11) is 0. The van der Waals surface area contributed by atoms with Crippen LogP contribution in [0.3, 0.4) is 0 Å². The van der Waals surface area contributed by atoms with Crippen molar-refractivity contribution in [1.29, 1.82) is 5.26 Å². The fourth-order valence-electron chi connectivity index (χ4n) is 3.89. The Labute approximate surface area is 204 Å². The predicted molar refractivity (Wildman–Crippen MR) is 129 cm³/mol. The lowest BCUT2D eigenvalue weighted by molar-refractivity contribution is -0.140. The van der Waals surface area contributed by atoms with E-state index in [9.17, 15) is 14.0 Å². The Balaban J connectivity index is 0.000000261. The second-order valence-electron chi connectivity index (χ2n) is 7.94. The highest BCUT2D eigenvalue weighted by Gasteiger charge is 2.31. The summed E-state index contributed by atoms with van der Waals surface area (Å²) in [5.41, 5.74) is 4.17. The van der Waals surface area contributed by atoms with Crippen molar-refractivity contribution in [2.75, 3.05) is 13.2 Å². The van der Waals surface area contributed by atoms with E-state index in [1.54, 1.807) is 6.07 Å². The number of carbonyl (C=O) groups excluding carboxylic acids is 2. The van der Waals surface area contributed by atoms with Gasteiger partial charge in [-0.05, 0) is 69.4 Å². The molecular weight excluding hydrogens is 449 g/mol. The van der Waals surface area contributed by atoms with E-state index in [0.29, 0.717) is 30.8 Å².